The second-order valence-corrected chi connectivity index (χ2v) is 3.36. The van der Waals surface area contributed by atoms with Crippen LogP contribution >= 0.6 is 0 Å². The van der Waals surface area contributed by atoms with Gasteiger partial charge in [0.05, 0.1) is 12.8 Å². The first-order valence-corrected chi connectivity index (χ1v) is 4.11. The summed E-state index contributed by atoms with van der Waals surface area (Å²) in [5, 5.41) is 3.23. The van der Waals surface area contributed by atoms with Gasteiger partial charge in [-0.25, -0.2) is 0 Å². The zero-order valence-electron chi connectivity index (χ0n) is 6.89. The first kappa shape index (κ1) is 8.02. The fourth-order valence-electron chi connectivity index (χ4n) is 0.759. The molecule has 2 heteroatoms. The van der Waals surface area contributed by atoms with Crippen molar-refractivity contribution in [2.24, 2.45) is 5.92 Å². The molecular formula is C8H17NO. The van der Waals surface area contributed by atoms with E-state index < -0.39 is 0 Å². The smallest absolute Gasteiger partial charge is 0.0969 e. The fraction of sp³-hybridized carbons (Fsp3) is 1.00. The average Bonchev–Trinajstić information content (AvgIpc) is 2.62. The quantitative estimate of drug-likeness (QED) is 0.463. The lowest BCUT2D eigenvalue weighted by Crippen LogP contribution is -2.23. The minimum Gasteiger partial charge on any atom is -0.363 e. The second kappa shape index (κ2) is 3.94. The molecule has 0 saturated heterocycles. The Morgan fingerprint density at radius 1 is 1.50 bits per heavy atom. The molecule has 0 amide bonds. The summed E-state index contributed by atoms with van der Waals surface area (Å²) >= 11 is 0. The summed E-state index contributed by atoms with van der Waals surface area (Å²) in [5.41, 5.74) is 0. The van der Waals surface area contributed by atoms with Crippen molar-refractivity contribution in [3.05, 3.63) is 0 Å². The van der Waals surface area contributed by atoms with E-state index in [1.54, 1.807) is 0 Å². The van der Waals surface area contributed by atoms with Gasteiger partial charge in [0, 0.05) is 0 Å². The van der Waals surface area contributed by atoms with E-state index in [0.29, 0.717) is 6.10 Å². The van der Waals surface area contributed by atoms with Gasteiger partial charge in [0.1, 0.15) is 0 Å². The molecule has 0 atom stereocenters. The predicted molar refractivity (Wildman–Crippen MR) is 41.8 cm³/mol. The Hall–Kier alpha value is -0.0800. The molecule has 60 valence electrons. The van der Waals surface area contributed by atoms with Crippen molar-refractivity contribution in [2.75, 3.05) is 13.3 Å². The van der Waals surface area contributed by atoms with Crippen LogP contribution in [0.5, 0.6) is 0 Å². The summed E-state index contributed by atoms with van der Waals surface area (Å²) in [6.07, 6.45) is 3.12. The van der Waals surface area contributed by atoms with E-state index in [9.17, 15) is 0 Å². The molecule has 0 heterocycles. The van der Waals surface area contributed by atoms with Gasteiger partial charge in [-0.05, 0) is 25.3 Å². The third kappa shape index (κ3) is 3.85. The van der Waals surface area contributed by atoms with E-state index in [1.807, 2.05) is 0 Å². The van der Waals surface area contributed by atoms with Gasteiger partial charge in [0.25, 0.3) is 0 Å². The van der Waals surface area contributed by atoms with E-state index in [2.05, 4.69) is 19.2 Å². The summed E-state index contributed by atoms with van der Waals surface area (Å²) < 4.78 is 5.39. The molecule has 0 radical (unpaired) electrons. The number of ether oxygens (including phenoxy) is 1. The highest BCUT2D eigenvalue weighted by molar-refractivity contribution is 4.72. The van der Waals surface area contributed by atoms with Gasteiger partial charge < -0.3 is 4.74 Å². The highest BCUT2D eigenvalue weighted by Crippen LogP contribution is 2.22. The van der Waals surface area contributed by atoms with Crippen LogP contribution < -0.4 is 5.32 Å². The number of hydrogen-bond donors (Lipinski definition) is 1. The molecule has 2 nitrogen and oxygen atoms in total. The maximum atomic E-state index is 5.39. The van der Waals surface area contributed by atoms with Crippen LogP contribution in [-0.2, 0) is 4.74 Å². The predicted octanol–water partition coefficient (Wildman–Crippen LogP) is 1.37. The van der Waals surface area contributed by atoms with Crippen LogP contribution in [0, 0.1) is 5.92 Å². The van der Waals surface area contributed by atoms with Crippen molar-refractivity contribution in [3.63, 3.8) is 0 Å². The van der Waals surface area contributed by atoms with Crippen LogP contribution in [0.3, 0.4) is 0 Å². The first-order chi connectivity index (χ1) is 4.79. The van der Waals surface area contributed by atoms with Gasteiger partial charge in [-0.2, -0.15) is 0 Å². The highest BCUT2D eigenvalue weighted by Gasteiger charge is 2.21. The Labute approximate surface area is 63.0 Å². The molecular weight excluding hydrogens is 126 g/mol. The van der Waals surface area contributed by atoms with Crippen LogP contribution in [0.15, 0.2) is 0 Å². The minimum atomic E-state index is 0.583. The fourth-order valence-corrected chi connectivity index (χ4v) is 0.759. The van der Waals surface area contributed by atoms with E-state index in [4.69, 9.17) is 4.74 Å². The largest absolute Gasteiger partial charge is 0.363 e. The molecule has 1 saturated carbocycles. The first-order valence-electron chi connectivity index (χ1n) is 4.11. The maximum absolute atomic E-state index is 5.39. The average molecular weight is 143 g/mol. The van der Waals surface area contributed by atoms with Crippen LogP contribution in [0.2, 0.25) is 0 Å². The summed E-state index contributed by atoms with van der Waals surface area (Å²) in [4.78, 5) is 0. The molecule has 1 N–H and O–H groups in total. The third-order valence-corrected chi connectivity index (χ3v) is 1.50. The van der Waals surface area contributed by atoms with Gasteiger partial charge in [0.15, 0.2) is 0 Å². The third-order valence-electron chi connectivity index (χ3n) is 1.50. The molecule has 0 aliphatic heterocycles. The van der Waals surface area contributed by atoms with Gasteiger partial charge >= 0.3 is 0 Å². The van der Waals surface area contributed by atoms with Gasteiger partial charge in [-0.3, -0.25) is 5.32 Å². The van der Waals surface area contributed by atoms with Crippen molar-refractivity contribution >= 4 is 0 Å². The lowest BCUT2D eigenvalue weighted by atomic mass is 10.2. The van der Waals surface area contributed by atoms with Crippen LogP contribution in [-0.4, -0.2) is 19.4 Å². The Morgan fingerprint density at radius 2 is 2.20 bits per heavy atom. The van der Waals surface area contributed by atoms with E-state index >= 15 is 0 Å². The number of nitrogens with one attached hydrogen (secondary N) is 1. The van der Waals surface area contributed by atoms with Gasteiger partial charge in [-0.1, -0.05) is 13.8 Å². The summed E-state index contributed by atoms with van der Waals surface area (Å²) in [7, 11) is 0. The van der Waals surface area contributed by atoms with Crippen molar-refractivity contribution in [3.8, 4) is 0 Å². The number of rotatable bonds is 5. The van der Waals surface area contributed by atoms with Crippen LogP contribution in [0.4, 0.5) is 0 Å². The zero-order chi connectivity index (χ0) is 7.40. The summed E-state index contributed by atoms with van der Waals surface area (Å²) in [5.74, 6) is 0.725. The van der Waals surface area contributed by atoms with E-state index in [1.165, 1.54) is 12.8 Å². The lowest BCUT2D eigenvalue weighted by Gasteiger charge is -2.06. The van der Waals surface area contributed by atoms with E-state index in [0.717, 1.165) is 19.2 Å². The Morgan fingerprint density at radius 3 is 2.70 bits per heavy atom. The molecule has 0 aromatic carbocycles. The molecule has 0 aromatic rings. The Kier molecular flexibility index (Phi) is 3.16. The molecule has 0 aromatic heterocycles. The molecule has 1 rings (SSSR count). The van der Waals surface area contributed by atoms with Crippen molar-refractivity contribution in [1.29, 1.82) is 0 Å². The SMILES string of the molecule is CC(C)CNCOC1CC1. The Balaban J connectivity index is 1.76. The monoisotopic (exact) mass is 143 g/mol. The molecule has 0 bridgehead atoms. The lowest BCUT2D eigenvalue weighted by molar-refractivity contribution is 0.100. The second-order valence-electron chi connectivity index (χ2n) is 3.36. The molecule has 1 aliphatic rings. The summed E-state index contributed by atoms with van der Waals surface area (Å²) in [6, 6.07) is 0. The topological polar surface area (TPSA) is 21.3 Å². The van der Waals surface area contributed by atoms with Crippen molar-refractivity contribution in [1.82, 2.24) is 5.32 Å². The normalized spacial score (nSPS) is 18.3. The molecule has 0 spiro atoms. The van der Waals surface area contributed by atoms with Gasteiger partial charge in [0.2, 0.25) is 0 Å². The molecule has 1 fully saturated rings. The zero-order valence-corrected chi connectivity index (χ0v) is 6.89. The Bertz CT molecular complexity index is 85.3. The summed E-state index contributed by atoms with van der Waals surface area (Å²) in [6.45, 7) is 6.20. The van der Waals surface area contributed by atoms with Crippen LogP contribution in [0.25, 0.3) is 0 Å². The van der Waals surface area contributed by atoms with Gasteiger partial charge in [-0.15, -0.1) is 0 Å². The number of hydrogen-bond acceptors (Lipinski definition) is 2. The van der Waals surface area contributed by atoms with Crippen LogP contribution in [0.1, 0.15) is 26.7 Å². The van der Waals surface area contributed by atoms with Crippen molar-refractivity contribution in [2.45, 2.75) is 32.8 Å². The molecule has 10 heavy (non-hydrogen) atoms. The maximum Gasteiger partial charge on any atom is 0.0969 e. The van der Waals surface area contributed by atoms with E-state index in [-0.39, 0.29) is 0 Å². The highest BCUT2D eigenvalue weighted by atomic mass is 16.5. The standard InChI is InChI=1S/C8H17NO/c1-7(2)5-9-6-10-8-3-4-8/h7-9H,3-6H2,1-2H3. The molecule has 1 aliphatic carbocycles. The minimum absolute atomic E-state index is 0.583. The van der Waals surface area contributed by atoms with Crippen molar-refractivity contribution < 1.29 is 4.74 Å². The molecule has 0 unspecified atom stereocenters.